The predicted molar refractivity (Wildman–Crippen MR) is 75.8 cm³/mol. The van der Waals surface area contributed by atoms with Gasteiger partial charge in [-0.2, -0.15) is 5.10 Å². The molecule has 2 aromatic heterocycles. The van der Waals surface area contributed by atoms with Gasteiger partial charge in [-0.3, -0.25) is 4.68 Å². The van der Waals surface area contributed by atoms with E-state index in [2.05, 4.69) is 24.9 Å². The lowest BCUT2D eigenvalue weighted by molar-refractivity contribution is -0.286. The first-order valence-corrected chi connectivity index (χ1v) is 7.03. The molecule has 0 fully saturated rings. The summed E-state index contributed by atoms with van der Waals surface area (Å²) in [5.41, 5.74) is 2.49. The van der Waals surface area contributed by atoms with Crippen molar-refractivity contribution in [1.82, 2.24) is 24.8 Å². The first-order chi connectivity index (χ1) is 10.8. The normalized spacial score (nSPS) is 15.5. The Morgan fingerprint density at radius 3 is 2.61 bits per heavy atom. The summed E-state index contributed by atoms with van der Waals surface area (Å²) in [6, 6.07) is 2.79. The summed E-state index contributed by atoms with van der Waals surface area (Å²) in [5, 5.41) is 12.7. The molecule has 3 heterocycles. The molecule has 0 radical (unpaired) electrons. The second-order valence-corrected chi connectivity index (χ2v) is 5.54. The van der Waals surface area contributed by atoms with Crippen LogP contribution in [0, 0.1) is 6.92 Å². The number of rotatable bonds is 2. The van der Waals surface area contributed by atoms with E-state index in [0.717, 1.165) is 11.3 Å². The van der Waals surface area contributed by atoms with E-state index in [1.54, 1.807) is 16.4 Å². The Hall–Kier alpha value is -2.42. The number of ether oxygens (including phenoxy) is 2. The SMILES string of the molecule is Cc1nn(C)c(Cl)c1Cn1nnc2cc3c(cc21)OC(F)(F)O3. The van der Waals surface area contributed by atoms with E-state index in [9.17, 15) is 8.78 Å². The van der Waals surface area contributed by atoms with Crippen molar-refractivity contribution in [1.29, 1.82) is 0 Å². The van der Waals surface area contributed by atoms with Crippen LogP contribution in [-0.4, -0.2) is 31.1 Å². The number of halogens is 3. The van der Waals surface area contributed by atoms with Gasteiger partial charge in [-0.25, -0.2) is 4.68 Å². The van der Waals surface area contributed by atoms with E-state index < -0.39 is 6.29 Å². The molecule has 10 heteroatoms. The zero-order chi connectivity index (χ0) is 16.4. The van der Waals surface area contributed by atoms with Crippen molar-refractivity contribution < 1.29 is 18.3 Å². The first kappa shape index (κ1) is 14.2. The Morgan fingerprint density at radius 2 is 1.96 bits per heavy atom. The van der Waals surface area contributed by atoms with Gasteiger partial charge in [0.05, 0.1) is 17.8 Å². The molecule has 0 unspecified atom stereocenters. The quantitative estimate of drug-likeness (QED) is 0.716. The van der Waals surface area contributed by atoms with Gasteiger partial charge < -0.3 is 9.47 Å². The lowest BCUT2D eigenvalue weighted by Gasteiger charge is -2.04. The Morgan fingerprint density at radius 1 is 1.26 bits per heavy atom. The van der Waals surface area contributed by atoms with Crippen LogP contribution in [0.2, 0.25) is 5.15 Å². The fraction of sp³-hybridized carbons (Fsp3) is 0.308. The Balaban J connectivity index is 1.78. The molecule has 3 aromatic rings. The van der Waals surface area contributed by atoms with Crippen molar-refractivity contribution in [3.63, 3.8) is 0 Å². The molecule has 0 spiro atoms. The summed E-state index contributed by atoms with van der Waals surface area (Å²) >= 11 is 6.21. The summed E-state index contributed by atoms with van der Waals surface area (Å²) in [7, 11) is 1.73. The van der Waals surface area contributed by atoms with Gasteiger partial charge in [-0.1, -0.05) is 16.8 Å². The number of benzene rings is 1. The second kappa shape index (κ2) is 4.54. The summed E-state index contributed by atoms with van der Waals surface area (Å²) in [6.07, 6.45) is -3.66. The van der Waals surface area contributed by atoms with Crippen molar-refractivity contribution in [2.45, 2.75) is 19.8 Å². The molecule has 23 heavy (non-hydrogen) atoms. The zero-order valence-corrected chi connectivity index (χ0v) is 12.8. The highest BCUT2D eigenvalue weighted by molar-refractivity contribution is 6.30. The monoisotopic (exact) mass is 341 g/mol. The molecule has 0 aliphatic carbocycles. The van der Waals surface area contributed by atoms with E-state index in [1.807, 2.05) is 6.92 Å². The van der Waals surface area contributed by atoms with E-state index in [0.29, 0.717) is 22.7 Å². The average molecular weight is 342 g/mol. The van der Waals surface area contributed by atoms with Crippen LogP contribution in [0.25, 0.3) is 11.0 Å². The average Bonchev–Trinajstić information content (AvgIpc) is 3.05. The minimum Gasteiger partial charge on any atom is -0.395 e. The standard InChI is InChI=1S/C13H10ClF2N5O2/c1-6-7(12(14)20(2)18-6)5-21-9-4-11-10(3-8(9)17-19-21)22-13(15,16)23-11/h3-4H,5H2,1-2H3. The van der Waals surface area contributed by atoms with Crippen LogP contribution in [0.5, 0.6) is 11.5 Å². The number of aromatic nitrogens is 5. The largest absolute Gasteiger partial charge is 0.586 e. The maximum Gasteiger partial charge on any atom is 0.586 e. The van der Waals surface area contributed by atoms with Gasteiger partial charge >= 0.3 is 6.29 Å². The van der Waals surface area contributed by atoms with Gasteiger partial charge in [-0.15, -0.1) is 13.9 Å². The Bertz CT molecular complexity index is 936. The molecule has 0 saturated carbocycles. The highest BCUT2D eigenvalue weighted by Gasteiger charge is 2.43. The summed E-state index contributed by atoms with van der Waals surface area (Å²) in [5.74, 6) is -0.120. The Labute approximate surface area is 133 Å². The van der Waals surface area contributed by atoms with E-state index in [1.165, 1.54) is 12.1 Å². The second-order valence-electron chi connectivity index (χ2n) is 5.18. The van der Waals surface area contributed by atoms with E-state index in [-0.39, 0.29) is 11.5 Å². The van der Waals surface area contributed by atoms with Crippen LogP contribution in [-0.2, 0) is 13.6 Å². The van der Waals surface area contributed by atoms with Gasteiger partial charge in [0, 0.05) is 24.7 Å². The molecule has 1 aromatic carbocycles. The number of fused-ring (bicyclic) bond motifs is 2. The molecule has 0 N–H and O–H groups in total. The minimum absolute atomic E-state index is 0.0555. The van der Waals surface area contributed by atoms with Crippen LogP contribution in [0.15, 0.2) is 12.1 Å². The lowest BCUT2D eigenvalue weighted by Crippen LogP contribution is -2.25. The van der Waals surface area contributed by atoms with Crippen molar-refractivity contribution in [2.75, 3.05) is 0 Å². The lowest BCUT2D eigenvalue weighted by atomic mass is 10.2. The van der Waals surface area contributed by atoms with Gasteiger partial charge in [0.1, 0.15) is 10.7 Å². The molecule has 120 valence electrons. The topological polar surface area (TPSA) is 67.0 Å². The summed E-state index contributed by atoms with van der Waals surface area (Å²) in [4.78, 5) is 0. The molecule has 0 saturated heterocycles. The zero-order valence-electron chi connectivity index (χ0n) is 12.0. The number of hydrogen-bond donors (Lipinski definition) is 0. The molecule has 7 nitrogen and oxygen atoms in total. The van der Waals surface area contributed by atoms with Crippen molar-refractivity contribution >= 4 is 22.6 Å². The fourth-order valence-electron chi connectivity index (χ4n) is 2.53. The third-order valence-electron chi connectivity index (χ3n) is 3.61. The van der Waals surface area contributed by atoms with Gasteiger partial charge in [0.2, 0.25) is 0 Å². The maximum absolute atomic E-state index is 13.1. The number of hydrogen-bond acceptors (Lipinski definition) is 5. The third-order valence-corrected chi connectivity index (χ3v) is 4.09. The molecule has 0 amide bonds. The molecule has 1 aliphatic heterocycles. The Kier molecular flexibility index (Phi) is 2.80. The van der Waals surface area contributed by atoms with Gasteiger partial charge in [0.15, 0.2) is 11.5 Å². The van der Waals surface area contributed by atoms with Crippen LogP contribution in [0.1, 0.15) is 11.3 Å². The van der Waals surface area contributed by atoms with Crippen LogP contribution in [0.4, 0.5) is 8.78 Å². The molecule has 1 aliphatic rings. The highest BCUT2D eigenvalue weighted by atomic mass is 35.5. The molecule has 0 bridgehead atoms. The van der Waals surface area contributed by atoms with Crippen LogP contribution >= 0.6 is 11.6 Å². The smallest absolute Gasteiger partial charge is 0.395 e. The molecular formula is C13H10ClF2N5O2. The molecule has 4 rings (SSSR count). The van der Waals surface area contributed by atoms with E-state index >= 15 is 0 Å². The van der Waals surface area contributed by atoms with Crippen molar-refractivity contribution in [3.05, 3.63) is 28.5 Å². The van der Waals surface area contributed by atoms with Gasteiger partial charge in [-0.05, 0) is 6.92 Å². The predicted octanol–water partition coefficient (Wildman–Crippen LogP) is 2.50. The van der Waals surface area contributed by atoms with Crippen molar-refractivity contribution in [3.8, 4) is 11.5 Å². The van der Waals surface area contributed by atoms with Crippen LogP contribution < -0.4 is 9.47 Å². The fourth-order valence-corrected chi connectivity index (χ4v) is 2.77. The first-order valence-electron chi connectivity index (χ1n) is 6.65. The number of aryl methyl sites for hydroxylation is 2. The van der Waals surface area contributed by atoms with E-state index in [4.69, 9.17) is 11.6 Å². The van der Waals surface area contributed by atoms with Gasteiger partial charge in [0.25, 0.3) is 0 Å². The number of nitrogens with zero attached hydrogens (tertiary/aromatic N) is 5. The third kappa shape index (κ3) is 2.19. The number of alkyl halides is 2. The summed E-state index contributed by atoms with van der Waals surface area (Å²) in [6.45, 7) is 2.14. The maximum atomic E-state index is 13.1. The molecular weight excluding hydrogens is 332 g/mol. The molecule has 0 atom stereocenters. The highest BCUT2D eigenvalue weighted by Crippen LogP contribution is 2.42. The minimum atomic E-state index is -3.66. The van der Waals surface area contributed by atoms with Crippen molar-refractivity contribution in [2.24, 2.45) is 7.05 Å². The van der Waals surface area contributed by atoms with Crippen LogP contribution in [0.3, 0.4) is 0 Å². The summed E-state index contributed by atoms with van der Waals surface area (Å²) < 4.78 is 38.2.